The Morgan fingerprint density at radius 2 is 1.53 bits per heavy atom. The SMILES string of the molecule is CC(C)c1cccc(C(C)C)c1CC=O. The van der Waals surface area contributed by atoms with Gasteiger partial charge in [-0.25, -0.2) is 0 Å². The van der Waals surface area contributed by atoms with Crippen molar-refractivity contribution < 1.29 is 4.79 Å². The van der Waals surface area contributed by atoms with E-state index in [0.29, 0.717) is 18.3 Å². The third-order valence-corrected chi connectivity index (χ3v) is 2.78. The minimum Gasteiger partial charge on any atom is -0.303 e. The van der Waals surface area contributed by atoms with Crippen LogP contribution in [-0.2, 0) is 11.2 Å². The molecular formula is C14H20O. The van der Waals surface area contributed by atoms with E-state index >= 15 is 0 Å². The molecule has 82 valence electrons. The molecule has 15 heavy (non-hydrogen) atoms. The van der Waals surface area contributed by atoms with Crippen molar-refractivity contribution in [3.05, 3.63) is 34.9 Å². The minimum atomic E-state index is 0.485. The predicted molar refractivity (Wildman–Crippen MR) is 64.4 cm³/mol. The molecule has 0 aliphatic rings. The summed E-state index contributed by atoms with van der Waals surface area (Å²) in [5.41, 5.74) is 3.86. The summed E-state index contributed by atoms with van der Waals surface area (Å²) in [5, 5.41) is 0. The van der Waals surface area contributed by atoms with Crippen LogP contribution >= 0.6 is 0 Å². The van der Waals surface area contributed by atoms with E-state index in [0.717, 1.165) is 6.29 Å². The van der Waals surface area contributed by atoms with Gasteiger partial charge in [0.05, 0.1) is 0 Å². The van der Waals surface area contributed by atoms with Crippen molar-refractivity contribution in [3.63, 3.8) is 0 Å². The molecule has 1 rings (SSSR count). The monoisotopic (exact) mass is 204 g/mol. The molecule has 0 radical (unpaired) electrons. The van der Waals surface area contributed by atoms with Crippen molar-refractivity contribution >= 4 is 6.29 Å². The molecule has 0 heterocycles. The first-order valence-corrected chi connectivity index (χ1v) is 5.63. The Morgan fingerprint density at radius 1 is 1.07 bits per heavy atom. The number of benzene rings is 1. The first-order valence-electron chi connectivity index (χ1n) is 5.63. The zero-order valence-electron chi connectivity index (χ0n) is 10.1. The van der Waals surface area contributed by atoms with E-state index in [4.69, 9.17) is 0 Å². The second-order valence-corrected chi connectivity index (χ2v) is 4.60. The maximum atomic E-state index is 10.7. The molecule has 0 aliphatic carbocycles. The van der Waals surface area contributed by atoms with Crippen LogP contribution < -0.4 is 0 Å². The molecule has 0 saturated heterocycles. The highest BCUT2D eigenvalue weighted by molar-refractivity contribution is 5.58. The average molecular weight is 204 g/mol. The highest BCUT2D eigenvalue weighted by Gasteiger charge is 2.12. The second-order valence-electron chi connectivity index (χ2n) is 4.60. The molecular weight excluding hydrogens is 184 g/mol. The lowest BCUT2D eigenvalue weighted by molar-refractivity contribution is -0.107. The van der Waals surface area contributed by atoms with Gasteiger partial charge < -0.3 is 4.79 Å². The van der Waals surface area contributed by atoms with E-state index in [9.17, 15) is 4.79 Å². The van der Waals surface area contributed by atoms with Gasteiger partial charge in [-0.1, -0.05) is 45.9 Å². The molecule has 0 saturated carbocycles. The molecule has 1 heteroatoms. The molecule has 1 nitrogen and oxygen atoms in total. The molecule has 0 atom stereocenters. The molecule has 0 unspecified atom stereocenters. The lowest BCUT2D eigenvalue weighted by Gasteiger charge is -2.17. The maximum Gasteiger partial charge on any atom is 0.124 e. The molecule has 1 aromatic rings. The molecule has 0 bridgehead atoms. The Hall–Kier alpha value is -1.11. The zero-order valence-corrected chi connectivity index (χ0v) is 10.1. The van der Waals surface area contributed by atoms with Crippen LogP contribution in [0.2, 0.25) is 0 Å². The third-order valence-electron chi connectivity index (χ3n) is 2.78. The standard InChI is InChI=1S/C14H20O/c1-10(2)12-6-5-7-13(11(3)4)14(12)8-9-15/h5-7,9-11H,8H2,1-4H3. The third kappa shape index (κ3) is 2.68. The number of rotatable bonds is 4. The number of carbonyl (C=O) groups excluding carboxylic acids is 1. The Kier molecular flexibility index (Phi) is 4.07. The normalized spacial score (nSPS) is 11.1. The van der Waals surface area contributed by atoms with Crippen LogP contribution in [0.25, 0.3) is 0 Å². The lowest BCUT2D eigenvalue weighted by atomic mass is 9.87. The first kappa shape index (κ1) is 12.0. The smallest absolute Gasteiger partial charge is 0.124 e. The molecule has 0 aromatic heterocycles. The Balaban J connectivity index is 3.27. The van der Waals surface area contributed by atoms with Gasteiger partial charge >= 0.3 is 0 Å². The van der Waals surface area contributed by atoms with Gasteiger partial charge in [-0.05, 0) is 28.5 Å². The van der Waals surface area contributed by atoms with Gasteiger partial charge in [0.25, 0.3) is 0 Å². The zero-order chi connectivity index (χ0) is 11.4. The average Bonchev–Trinajstić information content (AvgIpc) is 2.17. The molecule has 0 aliphatic heterocycles. The highest BCUT2D eigenvalue weighted by atomic mass is 16.1. The van der Waals surface area contributed by atoms with Crippen molar-refractivity contribution in [1.29, 1.82) is 0 Å². The van der Waals surface area contributed by atoms with Crippen molar-refractivity contribution in [2.45, 2.75) is 46.0 Å². The number of aldehydes is 1. The van der Waals surface area contributed by atoms with E-state index in [2.05, 4.69) is 45.9 Å². The van der Waals surface area contributed by atoms with Crippen LogP contribution in [-0.4, -0.2) is 6.29 Å². The summed E-state index contributed by atoms with van der Waals surface area (Å²) in [6.07, 6.45) is 1.55. The summed E-state index contributed by atoms with van der Waals surface area (Å²) in [4.78, 5) is 10.7. The van der Waals surface area contributed by atoms with Crippen molar-refractivity contribution in [1.82, 2.24) is 0 Å². The van der Waals surface area contributed by atoms with Crippen molar-refractivity contribution in [3.8, 4) is 0 Å². The predicted octanol–water partition coefficient (Wildman–Crippen LogP) is 3.67. The number of carbonyl (C=O) groups is 1. The summed E-state index contributed by atoms with van der Waals surface area (Å²) in [6, 6.07) is 6.36. The van der Waals surface area contributed by atoms with Crippen LogP contribution in [0.4, 0.5) is 0 Å². The maximum absolute atomic E-state index is 10.7. The summed E-state index contributed by atoms with van der Waals surface area (Å²) in [5.74, 6) is 0.970. The van der Waals surface area contributed by atoms with Crippen LogP contribution in [0.3, 0.4) is 0 Å². The van der Waals surface area contributed by atoms with Gasteiger partial charge in [0.2, 0.25) is 0 Å². The Labute approximate surface area is 92.5 Å². The summed E-state index contributed by atoms with van der Waals surface area (Å²) in [6.45, 7) is 8.70. The first-order chi connectivity index (χ1) is 7.07. The number of hydrogen-bond donors (Lipinski definition) is 0. The van der Waals surface area contributed by atoms with Gasteiger partial charge in [0.15, 0.2) is 0 Å². The van der Waals surface area contributed by atoms with E-state index < -0.39 is 0 Å². The lowest BCUT2D eigenvalue weighted by Crippen LogP contribution is -2.03. The Bertz CT molecular complexity index is 311. The van der Waals surface area contributed by atoms with Gasteiger partial charge in [-0.2, -0.15) is 0 Å². The van der Waals surface area contributed by atoms with Crippen LogP contribution in [0.15, 0.2) is 18.2 Å². The molecule has 0 fully saturated rings. The van der Waals surface area contributed by atoms with Gasteiger partial charge in [-0.3, -0.25) is 0 Å². The fourth-order valence-electron chi connectivity index (χ4n) is 2.02. The summed E-state index contributed by atoms with van der Waals surface area (Å²) >= 11 is 0. The number of hydrogen-bond acceptors (Lipinski definition) is 1. The quantitative estimate of drug-likeness (QED) is 0.684. The largest absolute Gasteiger partial charge is 0.303 e. The van der Waals surface area contributed by atoms with Gasteiger partial charge in [0.1, 0.15) is 6.29 Å². The molecule has 1 aromatic carbocycles. The van der Waals surface area contributed by atoms with E-state index in [1.54, 1.807) is 0 Å². The van der Waals surface area contributed by atoms with E-state index in [-0.39, 0.29) is 0 Å². The van der Waals surface area contributed by atoms with E-state index in [1.165, 1.54) is 16.7 Å². The summed E-state index contributed by atoms with van der Waals surface area (Å²) in [7, 11) is 0. The molecule has 0 N–H and O–H groups in total. The van der Waals surface area contributed by atoms with Gasteiger partial charge in [0, 0.05) is 6.42 Å². The van der Waals surface area contributed by atoms with Crippen molar-refractivity contribution in [2.75, 3.05) is 0 Å². The second kappa shape index (κ2) is 5.11. The van der Waals surface area contributed by atoms with Crippen LogP contribution in [0, 0.1) is 0 Å². The fourth-order valence-corrected chi connectivity index (χ4v) is 2.02. The van der Waals surface area contributed by atoms with E-state index in [1.807, 2.05) is 0 Å². The summed E-state index contributed by atoms with van der Waals surface area (Å²) < 4.78 is 0. The van der Waals surface area contributed by atoms with Crippen LogP contribution in [0.5, 0.6) is 0 Å². The van der Waals surface area contributed by atoms with Crippen molar-refractivity contribution in [2.24, 2.45) is 0 Å². The molecule has 0 spiro atoms. The topological polar surface area (TPSA) is 17.1 Å². The van der Waals surface area contributed by atoms with Crippen LogP contribution in [0.1, 0.15) is 56.2 Å². The Morgan fingerprint density at radius 3 is 1.87 bits per heavy atom. The van der Waals surface area contributed by atoms with Gasteiger partial charge in [-0.15, -0.1) is 0 Å². The minimum absolute atomic E-state index is 0.485. The molecule has 0 amide bonds. The fraction of sp³-hybridized carbons (Fsp3) is 0.500. The highest BCUT2D eigenvalue weighted by Crippen LogP contribution is 2.27.